The Labute approximate surface area is 106 Å². The predicted octanol–water partition coefficient (Wildman–Crippen LogP) is 0.817. The lowest BCUT2D eigenvalue weighted by molar-refractivity contribution is -0.156. The average molecular weight is 257 g/mol. The van der Waals surface area contributed by atoms with E-state index >= 15 is 0 Å². The molecule has 0 aliphatic heterocycles. The van der Waals surface area contributed by atoms with E-state index in [2.05, 4.69) is 0 Å². The van der Waals surface area contributed by atoms with Crippen molar-refractivity contribution < 1.29 is 24.2 Å². The number of nitrogens with zero attached hydrogens (tertiary/aromatic N) is 1. The van der Waals surface area contributed by atoms with Crippen molar-refractivity contribution in [1.29, 1.82) is 0 Å². The first-order valence-electron chi connectivity index (χ1n) is 5.74. The fourth-order valence-corrected chi connectivity index (χ4v) is 1.34. The van der Waals surface area contributed by atoms with Crippen molar-refractivity contribution in [2.75, 3.05) is 13.1 Å². The highest BCUT2D eigenvalue weighted by Gasteiger charge is 2.22. The Balaban J connectivity index is 4.57. The largest absolute Gasteiger partial charge is 0.478 e. The van der Waals surface area contributed by atoms with Crippen molar-refractivity contribution in [2.24, 2.45) is 0 Å². The third-order valence-corrected chi connectivity index (χ3v) is 2.37. The molecule has 0 radical (unpaired) electrons. The Morgan fingerprint density at radius 3 is 2.17 bits per heavy atom. The average Bonchev–Trinajstić information content (AvgIpc) is 2.29. The lowest BCUT2D eigenvalue weighted by atomic mass is 10.2. The van der Waals surface area contributed by atoms with Crippen LogP contribution in [0.5, 0.6) is 0 Å². The van der Waals surface area contributed by atoms with Crippen LogP contribution in [-0.4, -0.2) is 47.0 Å². The number of amides is 1. The molecule has 1 N–H and O–H groups in total. The highest BCUT2D eigenvalue weighted by Crippen LogP contribution is 2.04. The van der Waals surface area contributed by atoms with E-state index in [1.807, 2.05) is 13.8 Å². The monoisotopic (exact) mass is 257 g/mol. The van der Waals surface area contributed by atoms with Gasteiger partial charge in [-0.2, -0.15) is 0 Å². The van der Waals surface area contributed by atoms with Crippen LogP contribution in [0.3, 0.4) is 0 Å². The summed E-state index contributed by atoms with van der Waals surface area (Å²) in [6.45, 7) is 7.50. The molecule has 0 heterocycles. The third kappa shape index (κ3) is 4.99. The zero-order chi connectivity index (χ0) is 14.3. The van der Waals surface area contributed by atoms with Gasteiger partial charge in [0.05, 0.1) is 0 Å². The van der Waals surface area contributed by atoms with Gasteiger partial charge in [-0.15, -0.1) is 0 Å². The minimum absolute atomic E-state index is 0.0540. The van der Waals surface area contributed by atoms with Gasteiger partial charge in [-0.05, 0) is 27.7 Å². The van der Waals surface area contributed by atoms with Gasteiger partial charge in [0.25, 0.3) is 5.91 Å². The number of hydrogen-bond acceptors (Lipinski definition) is 4. The highest BCUT2D eigenvalue weighted by molar-refractivity contribution is 5.96. The molecule has 0 aromatic heterocycles. The second-order valence-electron chi connectivity index (χ2n) is 3.72. The van der Waals surface area contributed by atoms with Crippen molar-refractivity contribution in [1.82, 2.24) is 4.90 Å². The van der Waals surface area contributed by atoms with E-state index < -0.39 is 18.0 Å². The number of carboxylic acids is 1. The molecule has 0 aromatic rings. The fourth-order valence-electron chi connectivity index (χ4n) is 1.34. The lowest BCUT2D eigenvalue weighted by Gasteiger charge is -2.22. The third-order valence-electron chi connectivity index (χ3n) is 2.37. The number of esters is 1. The molecule has 0 fully saturated rings. The van der Waals surface area contributed by atoms with E-state index in [-0.39, 0.29) is 11.5 Å². The standard InChI is InChI=1S/C12H19NO5/c1-5-13(6-2)11(16)9(4)18-12(17)8(3)7-10(14)15/h7,9H,5-6H2,1-4H3,(H,14,15)/t9-/m0/s1. The van der Waals surface area contributed by atoms with Crippen molar-refractivity contribution in [3.63, 3.8) is 0 Å². The van der Waals surface area contributed by atoms with Gasteiger partial charge in [0.2, 0.25) is 0 Å². The van der Waals surface area contributed by atoms with Crippen LogP contribution in [0.4, 0.5) is 0 Å². The van der Waals surface area contributed by atoms with Crippen molar-refractivity contribution in [2.45, 2.75) is 33.8 Å². The number of carbonyl (C=O) groups is 3. The summed E-state index contributed by atoms with van der Waals surface area (Å²) in [5, 5.41) is 8.48. The number of aliphatic carboxylic acids is 1. The van der Waals surface area contributed by atoms with Crippen LogP contribution < -0.4 is 0 Å². The number of carbonyl (C=O) groups excluding carboxylic acids is 2. The summed E-state index contributed by atoms with van der Waals surface area (Å²) in [6, 6.07) is 0. The molecule has 0 saturated heterocycles. The van der Waals surface area contributed by atoms with Crippen molar-refractivity contribution in [3.8, 4) is 0 Å². The Kier molecular flexibility index (Phi) is 6.70. The minimum atomic E-state index is -1.23. The summed E-state index contributed by atoms with van der Waals surface area (Å²) in [6.07, 6.45) is -0.175. The summed E-state index contributed by atoms with van der Waals surface area (Å²) < 4.78 is 4.90. The number of rotatable bonds is 6. The van der Waals surface area contributed by atoms with Crippen LogP contribution in [0.25, 0.3) is 0 Å². The Morgan fingerprint density at radius 1 is 1.28 bits per heavy atom. The first-order valence-corrected chi connectivity index (χ1v) is 5.74. The van der Waals surface area contributed by atoms with E-state index in [0.29, 0.717) is 13.1 Å². The molecule has 0 bridgehead atoms. The molecule has 0 unspecified atom stereocenters. The van der Waals surface area contributed by atoms with Gasteiger partial charge in [-0.25, -0.2) is 9.59 Å². The van der Waals surface area contributed by atoms with Gasteiger partial charge >= 0.3 is 11.9 Å². The van der Waals surface area contributed by atoms with Crippen LogP contribution in [0.1, 0.15) is 27.7 Å². The summed E-state index contributed by atoms with van der Waals surface area (Å²) in [4.78, 5) is 35.2. The first kappa shape index (κ1) is 16.1. The molecule has 1 atom stereocenters. The fraction of sp³-hybridized carbons (Fsp3) is 0.583. The number of carboxylic acid groups (broad SMARTS) is 1. The molecular weight excluding hydrogens is 238 g/mol. The summed E-state index contributed by atoms with van der Waals surface area (Å²) in [5.41, 5.74) is -0.0540. The van der Waals surface area contributed by atoms with Gasteiger partial charge in [-0.3, -0.25) is 4.79 Å². The van der Waals surface area contributed by atoms with Crippen molar-refractivity contribution >= 4 is 17.8 Å². The predicted molar refractivity (Wildman–Crippen MR) is 64.9 cm³/mol. The maximum atomic E-state index is 11.8. The molecule has 0 aliphatic rings. The zero-order valence-electron chi connectivity index (χ0n) is 11.1. The summed E-state index contributed by atoms with van der Waals surface area (Å²) in [5.74, 6) is -2.32. The molecule has 0 aromatic carbocycles. The topological polar surface area (TPSA) is 83.9 Å². The van der Waals surface area contributed by atoms with Crippen LogP contribution >= 0.6 is 0 Å². The van der Waals surface area contributed by atoms with Gasteiger partial charge in [-0.1, -0.05) is 0 Å². The molecule has 6 heteroatoms. The Bertz CT molecular complexity index is 357. The van der Waals surface area contributed by atoms with E-state index in [4.69, 9.17) is 9.84 Å². The van der Waals surface area contributed by atoms with E-state index in [1.165, 1.54) is 18.7 Å². The SMILES string of the molecule is CCN(CC)C(=O)[C@H](C)OC(=O)C(C)=CC(=O)O. The maximum Gasteiger partial charge on any atom is 0.334 e. The van der Waals surface area contributed by atoms with Crippen LogP contribution in [0, 0.1) is 0 Å². The van der Waals surface area contributed by atoms with E-state index in [0.717, 1.165) is 6.08 Å². The maximum absolute atomic E-state index is 11.8. The zero-order valence-corrected chi connectivity index (χ0v) is 11.1. The van der Waals surface area contributed by atoms with E-state index in [1.54, 1.807) is 0 Å². The number of likely N-dealkylation sites (N-methyl/N-ethyl adjacent to an activating group) is 1. The highest BCUT2D eigenvalue weighted by atomic mass is 16.5. The van der Waals surface area contributed by atoms with Crippen LogP contribution in [0.15, 0.2) is 11.6 Å². The van der Waals surface area contributed by atoms with Crippen LogP contribution in [0.2, 0.25) is 0 Å². The second kappa shape index (κ2) is 7.47. The number of hydrogen-bond donors (Lipinski definition) is 1. The molecule has 102 valence electrons. The minimum Gasteiger partial charge on any atom is -0.478 e. The first-order chi connectivity index (χ1) is 8.33. The molecule has 0 aliphatic carbocycles. The van der Waals surface area contributed by atoms with Gasteiger partial charge in [0.15, 0.2) is 6.10 Å². The number of ether oxygens (including phenoxy) is 1. The molecule has 0 saturated carbocycles. The summed E-state index contributed by atoms with van der Waals surface area (Å²) in [7, 11) is 0. The normalized spacial score (nSPS) is 12.8. The molecule has 0 spiro atoms. The van der Waals surface area contributed by atoms with Crippen molar-refractivity contribution in [3.05, 3.63) is 11.6 Å². The van der Waals surface area contributed by atoms with Gasteiger partial charge < -0.3 is 14.7 Å². The second-order valence-corrected chi connectivity index (χ2v) is 3.72. The van der Waals surface area contributed by atoms with Gasteiger partial charge in [0.1, 0.15) is 0 Å². The Hall–Kier alpha value is -1.85. The molecule has 18 heavy (non-hydrogen) atoms. The summed E-state index contributed by atoms with van der Waals surface area (Å²) >= 11 is 0. The Morgan fingerprint density at radius 2 is 1.78 bits per heavy atom. The quantitative estimate of drug-likeness (QED) is 0.562. The lowest BCUT2D eigenvalue weighted by Crippen LogP contribution is -2.39. The smallest absolute Gasteiger partial charge is 0.334 e. The molecular formula is C12H19NO5. The molecule has 0 rings (SSSR count). The van der Waals surface area contributed by atoms with Crippen LogP contribution in [-0.2, 0) is 19.1 Å². The van der Waals surface area contributed by atoms with Gasteiger partial charge in [0, 0.05) is 24.7 Å². The molecule has 6 nitrogen and oxygen atoms in total. The molecule has 1 amide bonds. The van der Waals surface area contributed by atoms with E-state index in [9.17, 15) is 14.4 Å².